The first-order valence-corrected chi connectivity index (χ1v) is 6.23. The molecule has 0 saturated carbocycles. The average Bonchev–Trinajstić information content (AvgIpc) is 2.28. The Kier molecular flexibility index (Phi) is 5.42. The fourth-order valence-electron chi connectivity index (χ4n) is 1.54. The summed E-state index contributed by atoms with van der Waals surface area (Å²) in [6, 6.07) is 4.77. The number of nitro groups is 1. The van der Waals surface area contributed by atoms with E-state index in [2.05, 4.69) is 12.2 Å². The molecule has 0 amide bonds. The number of nitrogens with one attached hydrogen (secondary N) is 1. The van der Waals surface area contributed by atoms with Gasteiger partial charge in [0.25, 0.3) is 5.69 Å². The first kappa shape index (κ1) is 14.3. The minimum atomic E-state index is -0.405. The Morgan fingerprint density at radius 1 is 1.39 bits per heavy atom. The summed E-state index contributed by atoms with van der Waals surface area (Å²) in [6.45, 7) is 6.69. The topological polar surface area (TPSA) is 64.4 Å². The molecule has 0 radical (unpaired) electrons. The predicted octanol–water partition coefficient (Wildman–Crippen LogP) is 3.59. The minimum absolute atomic E-state index is 0.00417. The van der Waals surface area contributed by atoms with Crippen molar-refractivity contribution in [2.24, 2.45) is 0 Å². The Morgan fingerprint density at radius 3 is 2.67 bits per heavy atom. The van der Waals surface area contributed by atoms with Gasteiger partial charge in [-0.1, -0.05) is 13.3 Å². The molecule has 1 aromatic rings. The van der Waals surface area contributed by atoms with Gasteiger partial charge < -0.3 is 10.1 Å². The van der Waals surface area contributed by atoms with E-state index in [1.807, 2.05) is 13.8 Å². The maximum absolute atomic E-state index is 10.8. The lowest BCUT2D eigenvalue weighted by Crippen LogP contribution is -2.07. The first-order valence-electron chi connectivity index (χ1n) is 6.23. The van der Waals surface area contributed by atoms with Crippen LogP contribution in [0, 0.1) is 10.1 Å². The van der Waals surface area contributed by atoms with Crippen molar-refractivity contribution in [3.05, 3.63) is 28.3 Å². The molecule has 0 saturated heterocycles. The summed E-state index contributed by atoms with van der Waals surface area (Å²) in [5.74, 6) is 0.526. The Labute approximate surface area is 107 Å². The highest BCUT2D eigenvalue weighted by Gasteiger charge is 2.11. The molecule has 0 aliphatic rings. The second-order valence-electron chi connectivity index (χ2n) is 4.42. The van der Waals surface area contributed by atoms with Crippen LogP contribution in [0.3, 0.4) is 0 Å². The van der Waals surface area contributed by atoms with E-state index in [4.69, 9.17) is 4.74 Å². The molecule has 0 spiro atoms. The van der Waals surface area contributed by atoms with Crippen LogP contribution >= 0.6 is 0 Å². The molecule has 0 fully saturated rings. The molecule has 1 aromatic carbocycles. The van der Waals surface area contributed by atoms with Gasteiger partial charge in [-0.25, -0.2) is 0 Å². The van der Waals surface area contributed by atoms with Crippen LogP contribution in [0.1, 0.15) is 33.6 Å². The summed E-state index contributed by atoms with van der Waals surface area (Å²) in [5.41, 5.74) is 0.778. The lowest BCUT2D eigenvalue weighted by molar-refractivity contribution is -0.384. The lowest BCUT2D eigenvalue weighted by Gasteiger charge is -2.12. The number of anilines is 1. The lowest BCUT2D eigenvalue weighted by atomic mass is 10.2. The minimum Gasteiger partial charge on any atom is -0.491 e. The average molecular weight is 252 g/mol. The molecule has 1 N–H and O–H groups in total. The van der Waals surface area contributed by atoms with Crippen LogP contribution in [0.2, 0.25) is 0 Å². The van der Waals surface area contributed by atoms with Crippen molar-refractivity contribution in [3.8, 4) is 5.75 Å². The van der Waals surface area contributed by atoms with E-state index < -0.39 is 4.92 Å². The zero-order chi connectivity index (χ0) is 13.5. The summed E-state index contributed by atoms with van der Waals surface area (Å²) in [4.78, 5) is 10.4. The second-order valence-corrected chi connectivity index (χ2v) is 4.42. The van der Waals surface area contributed by atoms with E-state index in [0.29, 0.717) is 5.75 Å². The van der Waals surface area contributed by atoms with Crippen molar-refractivity contribution in [2.45, 2.75) is 39.7 Å². The van der Waals surface area contributed by atoms with E-state index >= 15 is 0 Å². The number of hydrogen-bond acceptors (Lipinski definition) is 4. The smallest absolute Gasteiger partial charge is 0.275 e. The maximum atomic E-state index is 10.8. The van der Waals surface area contributed by atoms with Gasteiger partial charge in [-0.05, 0) is 20.3 Å². The van der Waals surface area contributed by atoms with Gasteiger partial charge in [0.1, 0.15) is 5.75 Å². The number of ether oxygens (including phenoxy) is 1. The standard InChI is InChI=1S/C13H20N2O3/c1-4-5-6-14-11-7-12(15(16)17)9-13(8-11)18-10(2)3/h7-10,14H,4-6H2,1-3H3. The van der Waals surface area contributed by atoms with Gasteiger partial charge in [0.2, 0.25) is 0 Å². The summed E-state index contributed by atoms with van der Waals surface area (Å²) in [5, 5.41) is 14.0. The van der Waals surface area contributed by atoms with E-state index in [0.717, 1.165) is 25.1 Å². The van der Waals surface area contributed by atoms with Crippen LogP contribution in [0.25, 0.3) is 0 Å². The van der Waals surface area contributed by atoms with Gasteiger partial charge in [-0.3, -0.25) is 10.1 Å². The Hall–Kier alpha value is -1.78. The van der Waals surface area contributed by atoms with Crippen molar-refractivity contribution in [2.75, 3.05) is 11.9 Å². The van der Waals surface area contributed by atoms with Gasteiger partial charge in [-0.15, -0.1) is 0 Å². The third-order valence-electron chi connectivity index (χ3n) is 2.33. The quantitative estimate of drug-likeness (QED) is 0.457. The molecule has 0 aliphatic heterocycles. The fraction of sp³-hybridized carbons (Fsp3) is 0.538. The van der Waals surface area contributed by atoms with E-state index in [1.165, 1.54) is 12.1 Å². The van der Waals surface area contributed by atoms with E-state index in [-0.39, 0.29) is 11.8 Å². The SMILES string of the molecule is CCCCNc1cc(OC(C)C)cc([N+](=O)[O-])c1. The molecular formula is C13H20N2O3. The summed E-state index contributed by atoms with van der Waals surface area (Å²) >= 11 is 0. The second kappa shape index (κ2) is 6.83. The molecule has 0 unspecified atom stereocenters. The van der Waals surface area contributed by atoms with Crippen molar-refractivity contribution in [1.82, 2.24) is 0 Å². The molecule has 1 rings (SSSR count). The molecule has 0 aliphatic carbocycles. The Bertz CT molecular complexity index is 405. The fourth-order valence-corrected chi connectivity index (χ4v) is 1.54. The number of hydrogen-bond donors (Lipinski definition) is 1. The van der Waals surface area contributed by atoms with Crippen molar-refractivity contribution < 1.29 is 9.66 Å². The number of rotatable bonds is 7. The Balaban J connectivity index is 2.87. The number of non-ortho nitro benzene ring substituents is 1. The molecule has 100 valence electrons. The first-order chi connectivity index (χ1) is 8.52. The molecule has 5 nitrogen and oxygen atoms in total. The summed E-state index contributed by atoms with van der Waals surface area (Å²) < 4.78 is 5.51. The van der Waals surface area contributed by atoms with Crippen molar-refractivity contribution in [1.29, 1.82) is 0 Å². The largest absolute Gasteiger partial charge is 0.491 e. The number of unbranched alkanes of at least 4 members (excludes halogenated alkanes) is 1. The van der Waals surface area contributed by atoms with Gasteiger partial charge in [0, 0.05) is 24.4 Å². The number of benzene rings is 1. The summed E-state index contributed by atoms with van der Waals surface area (Å²) in [6.07, 6.45) is 2.11. The molecule has 0 heterocycles. The molecule has 0 aromatic heterocycles. The van der Waals surface area contributed by atoms with Crippen molar-refractivity contribution >= 4 is 11.4 Å². The monoisotopic (exact) mass is 252 g/mol. The highest BCUT2D eigenvalue weighted by atomic mass is 16.6. The van der Waals surface area contributed by atoms with E-state index in [1.54, 1.807) is 6.07 Å². The van der Waals surface area contributed by atoms with Crippen LogP contribution in [0.4, 0.5) is 11.4 Å². The van der Waals surface area contributed by atoms with E-state index in [9.17, 15) is 10.1 Å². The van der Waals surface area contributed by atoms with Crippen LogP contribution in [0.15, 0.2) is 18.2 Å². The van der Waals surface area contributed by atoms with Crippen LogP contribution < -0.4 is 10.1 Å². The van der Waals surface area contributed by atoms with Gasteiger partial charge >= 0.3 is 0 Å². The van der Waals surface area contributed by atoms with Crippen LogP contribution in [-0.4, -0.2) is 17.6 Å². The zero-order valence-corrected chi connectivity index (χ0v) is 11.1. The number of nitro benzene ring substituents is 1. The van der Waals surface area contributed by atoms with Gasteiger partial charge in [0.05, 0.1) is 17.1 Å². The number of nitrogens with zero attached hydrogens (tertiary/aromatic N) is 1. The maximum Gasteiger partial charge on any atom is 0.275 e. The third-order valence-corrected chi connectivity index (χ3v) is 2.33. The normalized spacial score (nSPS) is 10.4. The molecule has 5 heteroatoms. The van der Waals surface area contributed by atoms with Crippen molar-refractivity contribution in [3.63, 3.8) is 0 Å². The zero-order valence-electron chi connectivity index (χ0n) is 11.1. The molecule has 0 bridgehead atoms. The Morgan fingerprint density at radius 2 is 2.11 bits per heavy atom. The molecule has 0 atom stereocenters. The third kappa shape index (κ3) is 4.61. The highest BCUT2D eigenvalue weighted by molar-refractivity contribution is 5.56. The van der Waals surface area contributed by atoms with Gasteiger partial charge in [-0.2, -0.15) is 0 Å². The highest BCUT2D eigenvalue weighted by Crippen LogP contribution is 2.26. The van der Waals surface area contributed by atoms with Gasteiger partial charge in [0.15, 0.2) is 0 Å². The molecule has 18 heavy (non-hydrogen) atoms. The van der Waals surface area contributed by atoms with Crippen LogP contribution in [-0.2, 0) is 0 Å². The predicted molar refractivity (Wildman–Crippen MR) is 72.3 cm³/mol. The van der Waals surface area contributed by atoms with Crippen LogP contribution in [0.5, 0.6) is 5.75 Å². The summed E-state index contributed by atoms with van der Waals surface area (Å²) in [7, 11) is 0. The molecular weight excluding hydrogens is 232 g/mol.